The van der Waals surface area contributed by atoms with Gasteiger partial charge in [0.2, 0.25) is 10.0 Å². The summed E-state index contributed by atoms with van der Waals surface area (Å²) in [6, 6.07) is 5.18. The number of aliphatic hydroxyl groups is 1. The van der Waals surface area contributed by atoms with Crippen molar-refractivity contribution in [2.75, 3.05) is 30.9 Å². The van der Waals surface area contributed by atoms with Gasteiger partial charge in [-0.2, -0.15) is 11.8 Å². The van der Waals surface area contributed by atoms with Gasteiger partial charge in [0.25, 0.3) is 0 Å². The van der Waals surface area contributed by atoms with Crippen molar-refractivity contribution in [3.63, 3.8) is 0 Å². The van der Waals surface area contributed by atoms with Crippen molar-refractivity contribution >= 4 is 48.5 Å². The Bertz CT molecular complexity index is 943. The second kappa shape index (κ2) is 9.09. The first-order valence-electron chi connectivity index (χ1n) is 9.96. The predicted molar refractivity (Wildman–Crippen MR) is 124 cm³/mol. The van der Waals surface area contributed by atoms with Crippen molar-refractivity contribution in [2.45, 2.75) is 56.2 Å². The number of aromatic nitrogens is 1. The quantitative estimate of drug-likeness (QED) is 0.629. The molecule has 0 spiro atoms. The zero-order chi connectivity index (χ0) is 21.2. The van der Waals surface area contributed by atoms with Gasteiger partial charge >= 0.3 is 0 Å². The predicted octanol–water partition coefficient (Wildman–Crippen LogP) is 3.70. The maximum atomic E-state index is 12.9. The highest BCUT2D eigenvalue weighted by Crippen LogP contribution is 2.32. The van der Waals surface area contributed by atoms with E-state index in [1.165, 1.54) is 0 Å². The summed E-state index contributed by atoms with van der Waals surface area (Å²) in [5.74, 6) is 0.988. The minimum Gasteiger partial charge on any atom is -0.396 e. The number of nitrogens with one attached hydrogen (secondary N) is 1. The zero-order valence-electron chi connectivity index (χ0n) is 17.5. The topological polar surface area (TPSA) is 82.5 Å². The first kappa shape index (κ1) is 22.8. The summed E-state index contributed by atoms with van der Waals surface area (Å²) in [4.78, 5) is 7.03. The maximum absolute atomic E-state index is 12.9. The number of benzene rings is 1. The molecule has 29 heavy (non-hydrogen) atoms. The van der Waals surface area contributed by atoms with Crippen LogP contribution in [0.1, 0.15) is 40.0 Å². The van der Waals surface area contributed by atoms with Crippen molar-refractivity contribution in [3.05, 3.63) is 18.2 Å². The number of hydrogen-bond donors (Lipinski definition) is 2. The third-order valence-corrected chi connectivity index (χ3v) is 9.15. The van der Waals surface area contributed by atoms with Crippen LogP contribution in [-0.4, -0.2) is 55.8 Å². The van der Waals surface area contributed by atoms with Gasteiger partial charge in [0, 0.05) is 31.5 Å². The van der Waals surface area contributed by atoms with Crippen LogP contribution in [0.2, 0.25) is 0 Å². The van der Waals surface area contributed by atoms with Crippen LogP contribution in [0.15, 0.2) is 23.1 Å². The van der Waals surface area contributed by atoms with Crippen LogP contribution in [-0.2, 0) is 10.0 Å². The molecule has 1 aromatic carbocycles. The third kappa shape index (κ3) is 5.85. The van der Waals surface area contributed by atoms with Gasteiger partial charge in [-0.15, -0.1) is 0 Å². The van der Waals surface area contributed by atoms with Gasteiger partial charge in [-0.1, -0.05) is 32.1 Å². The minimum absolute atomic E-state index is 0.00201. The van der Waals surface area contributed by atoms with E-state index in [2.05, 4.69) is 35.4 Å². The van der Waals surface area contributed by atoms with Crippen molar-refractivity contribution in [2.24, 2.45) is 5.41 Å². The molecular formula is C20H31N3O3S3. The molecule has 1 aliphatic heterocycles. The highest BCUT2D eigenvalue weighted by Gasteiger charge is 2.26. The van der Waals surface area contributed by atoms with Crippen molar-refractivity contribution in [3.8, 4) is 0 Å². The minimum atomic E-state index is -3.56. The summed E-state index contributed by atoms with van der Waals surface area (Å²) in [6.07, 6.45) is 2.45. The lowest BCUT2D eigenvalue weighted by molar-refractivity contribution is 0.215. The number of nitrogens with zero attached hydrogens (tertiary/aromatic N) is 2. The lowest BCUT2D eigenvalue weighted by Crippen LogP contribution is -2.38. The highest BCUT2D eigenvalue weighted by molar-refractivity contribution is 7.99. The number of anilines is 1. The monoisotopic (exact) mass is 457 g/mol. The summed E-state index contributed by atoms with van der Waals surface area (Å²) >= 11 is 3.45. The molecule has 0 aliphatic carbocycles. The van der Waals surface area contributed by atoms with Crippen LogP contribution in [0.3, 0.4) is 0 Å². The average molecular weight is 458 g/mol. The Morgan fingerprint density at radius 2 is 2.14 bits per heavy atom. The van der Waals surface area contributed by atoms with Gasteiger partial charge in [0.15, 0.2) is 5.13 Å². The molecule has 1 saturated heterocycles. The molecule has 2 N–H and O–H groups in total. The molecule has 1 aromatic heterocycles. The molecule has 0 amide bonds. The number of rotatable bonds is 8. The van der Waals surface area contributed by atoms with E-state index in [1.807, 2.05) is 24.9 Å². The highest BCUT2D eigenvalue weighted by atomic mass is 32.2. The lowest BCUT2D eigenvalue weighted by atomic mass is 9.89. The van der Waals surface area contributed by atoms with Crippen molar-refractivity contribution in [1.82, 2.24) is 9.71 Å². The number of fused-ring (bicyclic) bond motifs is 1. The fraction of sp³-hybridized carbons (Fsp3) is 0.650. The fourth-order valence-electron chi connectivity index (χ4n) is 3.71. The van der Waals surface area contributed by atoms with E-state index in [0.717, 1.165) is 35.0 Å². The number of aliphatic hydroxyl groups excluding tert-OH is 1. The Hall–Kier alpha value is -0.870. The van der Waals surface area contributed by atoms with Gasteiger partial charge < -0.3 is 10.0 Å². The Labute approximate surface area is 182 Å². The summed E-state index contributed by atoms with van der Waals surface area (Å²) in [6.45, 7) is 7.31. The number of hydrogen-bond acceptors (Lipinski definition) is 7. The molecule has 0 radical (unpaired) electrons. The van der Waals surface area contributed by atoms with Crippen LogP contribution >= 0.6 is 23.1 Å². The van der Waals surface area contributed by atoms with Crippen molar-refractivity contribution in [1.29, 1.82) is 0 Å². The average Bonchev–Trinajstić information content (AvgIpc) is 3.04. The molecule has 0 bridgehead atoms. The van der Waals surface area contributed by atoms with Gasteiger partial charge in [-0.05, 0) is 48.6 Å². The van der Waals surface area contributed by atoms with Gasteiger partial charge in [-0.25, -0.2) is 18.1 Å². The van der Waals surface area contributed by atoms with Gasteiger partial charge in [-0.3, -0.25) is 0 Å². The molecule has 162 valence electrons. The summed E-state index contributed by atoms with van der Waals surface area (Å²) in [7, 11) is -1.57. The second-order valence-electron chi connectivity index (χ2n) is 8.64. The van der Waals surface area contributed by atoms with E-state index >= 15 is 0 Å². The normalized spacial score (nSPS) is 20.9. The first-order valence-corrected chi connectivity index (χ1v) is 13.3. The van der Waals surface area contributed by atoms with Crippen LogP contribution in [0.4, 0.5) is 5.13 Å². The fourth-order valence-corrected chi connectivity index (χ4v) is 7.11. The Balaban J connectivity index is 1.78. The summed E-state index contributed by atoms with van der Waals surface area (Å²) in [5.41, 5.74) is 0.669. The Morgan fingerprint density at radius 1 is 1.38 bits per heavy atom. The first-order chi connectivity index (χ1) is 13.6. The SMILES string of the molecule is CC1CC(NS(=O)(=O)c2ccc3sc(N(C)CC(C)(C)CCO)nc3c2)CCS1. The number of sulfonamides is 1. The van der Waals surface area contributed by atoms with Gasteiger partial charge in [0.05, 0.1) is 15.1 Å². The Kier molecular flexibility index (Phi) is 7.15. The van der Waals surface area contributed by atoms with Crippen LogP contribution in [0, 0.1) is 5.41 Å². The molecular weight excluding hydrogens is 426 g/mol. The van der Waals surface area contributed by atoms with E-state index in [1.54, 1.807) is 23.5 Å². The van der Waals surface area contributed by atoms with E-state index < -0.39 is 10.0 Å². The zero-order valence-corrected chi connectivity index (χ0v) is 20.0. The Morgan fingerprint density at radius 3 is 2.83 bits per heavy atom. The van der Waals surface area contributed by atoms with Gasteiger partial charge in [0.1, 0.15) is 0 Å². The molecule has 9 heteroatoms. The van der Waals surface area contributed by atoms with E-state index in [4.69, 9.17) is 0 Å². The van der Waals surface area contributed by atoms with E-state index in [-0.39, 0.29) is 23.0 Å². The third-order valence-electron chi connectivity index (χ3n) is 5.25. The molecule has 3 rings (SSSR count). The molecule has 6 nitrogen and oxygen atoms in total. The molecule has 0 saturated carbocycles. The van der Waals surface area contributed by atoms with Crippen molar-refractivity contribution < 1.29 is 13.5 Å². The molecule has 2 aromatic rings. The smallest absolute Gasteiger partial charge is 0.240 e. The molecule has 2 atom stereocenters. The summed E-state index contributed by atoms with van der Waals surface area (Å²) < 4.78 is 29.6. The number of thiazole rings is 1. The summed E-state index contributed by atoms with van der Waals surface area (Å²) in [5, 5.41) is 10.6. The van der Waals surface area contributed by atoms with Crippen LogP contribution in [0.25, 0.3) is 10.2 Å². The second-order valence-corrected chi connectivity index (χ2v) is 12.9. The standard InChI is InChI=1S/C20H31N3O3S3/c1-14-11-15(7-10-27-14)22-29(25,26)16-5-6-18-17(12-16)21-19(28-18)23(4)13-20(2,3)8-9-24/h5-6,12,14-15,22,24H,7-11,13H2,1-4H3. The van der Waals surface area contributed by atoms with Crippen LogP contribution in [0.5, 0.6) is 0 Å². The molecule has 2 heterocycles. The molecule has 1 fully saturated rings. The lowest BCUT2D eigenvalue weighted by Gasteiger charge is -2.29. The molecule has 2 unspecified atom stereocenters. The van der Waals surface area contributed by atoms with E-state index in [0.29, 0.717) is 17.2 Å². The molecule has 1 aliphatic rings. The maximum Gasteiger partial charge on any atom is 0.240 e. The number of thioether (sulfide) groups is 1. The van der Waals surface area contributed by atoms with Crippen LogP contribution < -0.4 is 9.62 Å². The largest absolute Gasteiger partial charge is 0.396 e. The van der Waals surface area contributed by atoms with E-state index in [9.17, 15) is 13.5 Å².